The average molecular weight is 283 g/mol. The van der Waals surface area contributed by atoms with E-state index in [1.807, 2.05) is 0 Å². The van der Waals surface area contributed by atoms with Crippen LogP contribution in [0.4, 0.5) is 0 Å². The molecule has 0 aliphatic carbocycles. The zero-order chi connectivity index (χ0) is 14.7. The van der Waals surface area contributed by atoms with Gasteiger partial charge in [0.2, 0.25) is 0 Å². The molecule has 0 unspecified atom stereocenters. The summed E-state index contributed by atoms with van der Waals surface area (Å²) in [6, 6.07) is 0. The summed E-state index contributed by atoms with van der Waals surface area (Å²) in [5, 5.41) is 8.67. The van der Waals surface area contributed by atoms with Crippen LogP contribution in [0.5, 0.6) is 0 Å². The number of hydrogen-bond acceptors (Lipinski definition) is 1. The SMILES string of the molecule is CCCCCCCCCCCC=CCCCCCCO. The fourth-order valence-corrected chi connectivity index (χ4v) is 2.54. The van der Waals surface area contributed by atoms with Crippen molar-refractivity contribution in [2.24, 2.45) is 0 Å². The number of rotatable bonds is 16. The second kappa shape index (κ2) is 18.7. The lowest BCUT2D eigenvalue weighted by atomic mass is 10.1. The molecule has 20 heavy (non-hydrogen) atoms. The molecule has 0 aromatic heterocycles. The number of aliphatic hydroxyl groups excluding tert-OH is 1. The van der Waals surface area contributed by atoms with Crippen LogP contribution in [0.1, 0.15) is 103 Å². The van der Waals surface area contributed by atoms with E-state index in [4.69, 9.17) is 5.11 Å². The number of hydrogen-bond donors (Lipinski definition) is 1. The molecule has 0 bridgehead atoms. The topological polar surface area (TPSA) is 20.2 Å². The Balaban J connectivity index is 3.01. The highest BCUT2D eigenvalue weighted by Crippen LogP contribution is 2.11. The minimum Gasteiger partial charge on any atom is -0.396 e. The van der Waals surface area contributed by atoms with Gasteiger partial charge in [-0.05, 0) is 32.1 Å². The van der Waals surface area contributed by atoms with Gasteiger partial charge in [-0.2, -0.15) is 0 Å². The molecule has 0 heterocycles. The lowest BCUT2D eigenvalue weighted by Crippen LogP contribution is -1.82. The van der Waals surface area contributed by atoms with Crippen molar-refractivity contribution in [1.29, 1.82) is 0 Å². The van der Waals surface area contributed by atoms with Crippen LogP contribution >= 0.6 is 0 Å². The molecule has 0 radical (unpaired) electrons. The van der Waals surface area contributed by atoms with Gasteiger partial charge in [0.15, 0.2) is 0 Å². The van der Waals surface area contributed by atoms with Gasteiger partial charge in [-0.15, -0.1) is 0 Å². The molecule has 120 valence electrons. The molecule has 0 aliphatic heterocycles. The Bertz CT molecular complexity index is 186. The predicted octanol–water partition coefficient (Wildman–Crippen LogP) is 6.41. The highest BCUT2D eigenvalue weighted by molar-refractivity contribution is 4.81. The van der Waals surface area contributed by atoms with Gasteiger partial charge in [-0.1, -0.05) is 83.3 Å². The molecule has 0 rings (SSSR count). The van der Waals surface area contributed by atoms with E-state index in [9.17, 15) is 0 Å². The number of aliphatic hydroxyl groups is 1. The third-order valence-electron chi connectivity index (χ3n) is 3.92. The summed E-state index contributed by atoms with van der Waals surface area (Å²) in [6.45, 7) is 2.64. The van der Waals surface area contributed by atoms with E-state index in [1.54, 1.807) is 0 Å². The van der Waals surface area contributed by atoms with Crippen molar-refractivity contribution in [2.45, 2.75) is 103 Å². The first-order chi connectivity index (χ1) is 9.91. The highest BCUT2D eigenvalue weighted by Gasteiger charge is 1.91. The van der Waals surface area contributed by atoms with Crippen LogP contribution in [-0.2, 0) is 0 Å². The lowest BCUT2D eigenvalue weighted by Gasteiger charge is -2.00. The van der Waals surface area contributed by atoms with Gasteiger partial charge in [0, 0.05) is 6.61 Å². The van der Waals surface area contributed by atoms with Gasteiger partial charge in [-0.3, -0.25) is 0 Å². The van der Waals surface area contributed by atoms with Crippen LogP contribution in [0.3, 0.4) is 0 Å². The van der Waals surface area contributed by atoms with E-state index in [0.29, 0.717) is 6.61 Å². The Labute approximate surface area is 127 Å². The molecular weight excluding hydrogens is 244 g/mol. The maximum atomic E-state index is 8.67. The van der Waals surface area contributed by atoms with Crippen LogP contribution < -0.4 is 0 Å². The maximum Gasteiger partial charge on any atom is 0.0431 e. The average Bonchev–Trinajstić information content (AvgIpc) is 2.47. The van der Waals surface area contributed by atoms with Crippen molar-refractivity contribution >= 4 is 0 Å². The number of unbranched alkanes of at least 4 members (excludes halogenated alkanes) is 13. The van der Waals surface area contributed by atoms with Gasteiger partial charge in [0.25, 0.3) is 0 Å². The molecule has 0 aliphatic rings. The zero-order valence-corrected chi connectivity index (χ0v) is 13.9. The molecule has 0 saturated carbocycles. The molecular formula is C19H38O. The first kappa shape index (κ1) is 19.7. The molecule has 0 saturated heterocycles. The molecule has 0 amide bonds. The highest BCUT2D eigenvalue weighted by atomic mass is 16.2. The lowest BCUT2D eigenvalue weighted by molar-refractivity contribution is 0.282. The summed E-state index contributed by atoms with van der Waals surface area (Å²) in [6.07, 6.45) is 24.7. The van der Waals surface area contributed by atoms with Gasteiger partial charge in [0.1, 0.15) is 0 Å². The minimum absolute atomic E-state index is 0.356. The largest absolute Gasteiger partial charge is 0.396 e. The maximum absolute atomic E-state index is 8.67. The monoisotopic (exact) mass is 282 g/mol. The second-order valence-corrected chi connectivity index (χ2v) is 6.02. The fourth-order valence-electron chi connectivity index (χ4n) is 2.54. The minimum atomic E-state index is 0.356. The van der Waals surface area contributed by atoms with E-state index < -0.39 is 0 Å². The first-order valence-electron chi connectivity index (χ1n) is 9.17. The Kier molecular flexibility index (Phi) is 18.4. The second-order valence-electron chi connectivity index (χ2n) is 6.02. The van der Waals surface area contributed by atoms with Gasteiger partial charge in [0.05, 0.1) is 0 Å². The summed E-state index contributed by atoms with van der Waals surface area (Å²) in [4.78, 5) is 0. The van der Waals surface area contributed by atoms with Crippen molar-refractivity contribution in [3.05, 3.63) is 12.2 Å². The molecule has 1 nitrogen and oxygen atoms in total. The Morgan fingerprint density at radius 1 is 0.550 bits per heavy atom. The quantitative estimate of drug-likeness (QED) is 0.256. The third-order valence-corrected chi connectivity index (χ3v) is 3.92. The fraction of sp³-hybridized carbons (Fsp3) is 0.895. The van der Waals surface area contributed by atoms with E-state index in [2.05, 4.69) is 19.1 Å². The van der Waals surface area contributed by atoms with Crippen LogP contribution in [0.25, 0.3) is 0 Å². The van der Waals surface area contributed by atoms with Crippen LogP contribution in [0.2, 0.25) is 0 Å². The standard InChI is InChI=1S/C19H38O/c1-2-3-4-5-6-7-8-9-10-11-12-13-14-15-16-17-18-19-20/h12-13,20H,2-11,14-19H2,1H3. The molecule has 0 atom stereocenters. The third kappa shape index (κ3) is 17.7. The summed E-state index contributed by atoms with van der Waals surface area (Å²) >= 11 is 0. The van der Waals surface area contributed by atoms with E-state index >= 15 is 0 Å². The van der Waals surface area contributed by atoms with Crippen molar-refractivity contribution in [1.82, 2.24) is 0 Å². The normalized spacial score (nSPS) is 11.5. The summed E-state index contributed by atoms with van der Waals surface area (Å²) in [5.74, 6) is 0. The summed E-state index contributed by atoms with van der Waals surface area (Å²) < 4.78 is 0. The predicted molar refractivity (Wildman–Crippen MR) is 91.2 cm³/mol. The molecule has 1 N–H and O–H groups in total. The Morgan fingerprint density at radius 3 is 1.40 bits per heavy atom. The van der Waals surface area contributed by atoms with E-state index in [1.165, 1.54) is 89.9 Å². The van der Waals surface area contributed by atoms with E-state index in [0.717, 1.165) is 6.42 Å². The van der Waals surface area contributed by atoms with Crippen molar-refractivity contribution in [3.8, 4) is 0 Å². The Morgan fingerprint density at radius 2 is 0.950 bits per heavy atom. The molecule has 0 fully saturated rings. The smallest absolute Gasteiger partial charge is 0.0431 e. The van der Waals surface area contributed by atoms with E-state index in [-0.39, 0.29) is 0 Å². The van der Waals surface area contributed by atoms with Crippen LogP contribution in [-0.4, -0.2) is 11.7 Å². The number of allylic oxidation sites excluding steroid dienone is 2. The van der Waals surface area contributed by atoms with Crippen LogP contribution in [0, 0.1) is 0 Å². The molecule has 0 aromatic rings. The van der Waals surface area contributed by atoms with Gasteiger partial charge >= 0.3 is 0 Å². The summed E-state index contributed by atoms with van der Waals surface area (Å²) in [5.41, 5.74) is 0. The van der Waals surface area contributed by atoms with Crippen LogP contribution in [0.15, 0.2) is 12.2 Å². The molecule has 0 aromatic carbocycles. The Hall–Kier alpha value is -0.300. The zero-order valence-electron chi connectivity index (χ0n) is 13.9. The van der Waals surface area contributed by atoms with Gasteiger partial charge in [-0.25, -0.2) is 0 Å². The van der Waals surface area contributed by atoms with Gasteiger partial charge < -0.3 is 5.11 Å². The van der Waals surface area contributed by atoms with Crippen molar-refractivity contribution < 1.29 is 5.11 Å². The molecule has 1 heteroatoms. The first-order valence-corrected chi connectivity index (χ1v) is 9.17. The van der Waals surface area contributed by atoms with Crippen molar-refractivity contribution in [2.75, 3.05) is 6.61 Å². The summed E-state index contributed by atoms with van der Waals surface area (Å²) in [7, 11) is 0. The molecule has 0 spiro atoms. The van der Waals surface area contributed by atoms with Crippen molar-refractivity contribution in [3.63, 3.8) is 0 Å².